The van der Waals surface area contributed by atoms with E-state index in [2.05, 4.69) is 4.72 Å². The molecule has 2 aliphatic carbocycles. The summed E-state index contributed by atoms with van der Waals surface area (Å²) < 4.78 is 32.9. The fourth-order valence-electron chi connectivity index (χ4n) is 4.80. The third-order valence-corrected chi connectivity index (χ3v) is 7.61. The molecule has 5 rings (SSSR count). The second kappa shape index (κ2) is 6.70. The van der Waals surface area contributed by atoms with Gasteiger partial charge in [-0.3, -0.25) is 19.2 Å². The average Bonchev–Trinajstić information content (AvgIpc) is 3.42. The van der Waals surface area contributed by atoms with Crippen LogP contribution in [0.4, 0.5) is 11.4 Å². The number of sulfonamides is 1. The number of methoxy groups -OCH3 is 1. The Morgan fingerprint density at radius 3 is 2.00 bits per heavy atom. The van der Waals surface area contributed by atoms with Crippen LogP contribution in [0, 0.1) is 23.7 Å². The van der Waals surface area contributed by atoms with Gasteiger partial charge in [0.2, 0.25) is 11.8 Å². The molecule has 1 aliphatic heterocycles. The Labute approximate surface area is 174 Å². The molecular formula is C22H20N2O5S. The molecule has 1 saturated heterocycles. The van der Waals surface area contributed by atoms with Gasteiger partial charge in [-0.1, -0.05) is 12.2 Å². The summed E-state index contributed by atoms with van der Waals surface area (Å²) >= 11 is 0. The zero-order valence-electron chi connectivity index (χ0n) is 16.2. The van der Waals surface area contributed by atoms with Gasteiger partial charge in [0.25, 0.3) is 10.0 Å². The highest BCUT2D eigenvalue weighted by atomic mass is 32.2. The van der Waals surface area contributed by atoms with Gasteiger partial charge in [-0.25, -0.2) is 8.42 Å². The summed E-state index contributed by atoms with van der Waals surface area (Å²) in [6.45, 7) is 0. The van der Waals surface area contributed by atoms with Gasteiger partial charge in [0, 0.05) is 5.69 Å². The topological polar surface area (TPSA) is 92.8 Å². The second-order valence-electron chi connectivity index (χ2n) is 7.84. The van der Waals surface area contributed by atoms with Crippen molar-refractivity contribution in [2.45, 2.75) is 11.3 Å². The van der Waals surface area contributed by atoms with E-state index in [1.807, 2.05) is 12.2 Å². The lowest BCUT2D eigenvalue weighted by molar-refractivity contribution is -0.123. The van der Waals surface area contributed by atoms with Crippen molar-refractivity contribution < 1.29 is 22.7 Å². The first-order chi connectivity index (χ1) is 14.4. The third-order valence-electron chi connectivity index (χ3n) is 6.22. The van der Waals surface area contributed by atoms with Crippen molar-refractivity contribution in [1.82, 2.24) is 0 Å². The van der Waals surface area contributed by atoms with E-state index in [1.165, 1.54) is 36.3 Å². The third kappa shape index (κ3) is 2.82. The number of ether oxygens (including phenoxy) is 1. The van der Waals surface area contributed by atoms with Gasteiger partial charge in [0.15, 0.2) is 0 Å². The number of nitrogens with one attached hydrogen (secondary N) is 1. The maximum atomic E-state index is 12.9. The number of amides is 2. The Balaban J connectivity index is 1.36. The van der Waals surface area contributed by atoms with E-state index in [-0.39, 0.29) is 40.4 Å². The molecule has 3 aliphatic rings. The van der Waals surface area contributed by atoms with E-state index in [9.17, 15) is 18.0 Å². The van der Waals surface area contributed by atoms with E-state index in [4.69, 9.17) is 4.74 Å². The number of anilines is 2. The first-order valence-corrected chi connectivity index (χ1v) is 11.2. The molecule has 7 nitrogen and oxygen atoms in total. The number of imide groups is 1. The standard InChI is InChI=1S/C22H20N2O5S/c1-29-17-8-4-15(5-9-17)23-30(27,28)18-10-6-16(7-11-18)24-21(25)19-13-2-3-14(12-13)20(19)22(24)26/h2-11,13-14,19-20,23H,12H2,1H3/t13-,14+,19?,20?. The molecule has 1 saturated carbocycles. The van der Waals surface area contributed by atoms with Crippen LogP contribution in [0.25, 0.3) is 0 Å². The maximum Gasteiger partial charge on any atom is 0.261 e. The molecule has 2 unspecified atom stereocenters. The molecule has 8 heteroatoms. The number of benzene rings is 2. The van der Waals surface area contributed by atoms with Crippen molar-refractivity contribution in [3.05, 3.63) is 60.7 Å². The lowest BCUT2D eigenvalue weighted by atomic mass is 9.85. The lowest BCUT2D eigenvalue weighted by Crippen LogP contribution is -2.32. The van der Waals surface area contributed by atoms with E-state index in [0.717, 1.165) is 6.42 Å². The van der Waals surface area contributed by atoms with Crippen LogP contribution in [0.1, 0.15) is 6.42 Å². The highest BCUT2D eigenvalue weighted by molar-refractivity contribution is 7.92. The number of nitrogens with zero attached hydrogens (tertiary/aromatic N) is 1. The number of rotatable bonds is 5. The number of allylic oxidation sites excluding steroid dienone is 2. The summed E-state index contributed by atoms with van der Waals surface area (Å²) in [5.74, 6) is -0.0526. The van der Waals surface area contributed by atoms with Crippen LogP contribution < -0.4 is 14.4 Å². The zero-order chi connectivity index (χ0) is 21.0. The smallest absolute Gasteiger partial charge is 0.261 e. The monoisotopic (exact) mass is 424 g/mol. The Hall–Kier alpha value is -3.13. The number of carbonyl (C=O) groups excluding carboxylic acids is 2. The minimum atomic E-state index is -3.81. The fraction of sp³-hybridized carbons (Fsp3) is 0.273. The van der Waals surface area contributed by atoms with Gasteiger partial charge in [-0.05, 0) is 66.8 Å². The van der Waals surface area contributed by atoms with Crippen molar-refractivity contribution in [1.29, 1.82) is 0 Å². The molecule has 2 fully saturated rings. The minimum Gasteiger partial charge on any atom is -0.497 e. The molecule has 30 heavy (non-hydrogen) atoms. The summed E-state index contributed by atoms with van der Waals surface area (Å²) in [6.07, 6.45) is 4.96. The van der Waals surface area contributed by atoms with E-state index < -0.39 is 10.0 Å². The zero-order valence-corrected chi connectivity index (χ0v) is 17.0. The normalized spacial score (nSPS) is 26.9. The molecule has 2 aromatic carbocycles. The Kier molecular flexibility index (Phi) is 4.21. The van der Waals surface area contributed by atoms with Crippen molar-refractivity contribution in [2.75, 3.05) is 16.7 Å². The van der Waals surface area contributed by atoms with Gasteiger partial charge >= 0.3 is 0 Å². The number of carbonyl (C=O) groups is 2. The van der Waals surface area contributed by atoms with Crippen LogP contribution in [0.3, 0.4) is 0 Å². The van der Waals surface area contributed by atoms with Crippen molar-refractivity contribution in [3.63, 3.8) is 0 Å². The van der Waals surface area contributed by atoms with Crippen molar-refractivity contribution in [3.8, 4) is 5.75 Å². The number of hydrogen-bond donors (Lipinski definition) is 1. The van der Waals surface area contributed by atoms with Gasteiger partial charge in [0.1, 0.15) is 5.75 Å². The SMILES string of the molecule is COc1ccc(NS(=O)(=O)c2ccc(N3C(=O)C4C(C3=O)[C@H]3C=C[C@@H]4C3)cc2)cc1. The summed E-state index contributed by atoms with van der Waals surface area (Å²) in [7, 11) is -2.28. The molecular weight excluding hydrogens is 404 g/mol. The summed E-state index contributed by atoms with van der Waals surface area (Å²) in [5, 5.41) is 0. The lowest BCUT2D eigenvalue weighted by Gasteiger charge is -2.17. The molecule has 0 radical (unpaired) electrons. The largest absolute Gasteiger partial charge is 0.497 e. The van der Waals surface area contributed by atoms with E-state index in [1.54, 1.807) is 24.3 Å². The molecule has 4 atom stereocenters. The molecule has 1 heterocycles. The van der Waals surface area contributed by atoms with Gasteiger partial charge < -0.3 is 4.74 Å². The minimum absolute atomic E-state index is 0.0445. The molecule has 154 valence electrons. The summed E-state index contributed by atoms with van der Waals surface area (Å²) in [6, 6.07) is 12.4. The molecule has 2 bridgehead atoms. The fourth-order valence-corrected chi connectivity index (χ4v) is 5.86. The van der Waals surface area contributed by atoms with Crippen LogP contribution in [-0.2, 0) is 19.6 Å². The highest BCUT2D eigenvalue weighted by Crippen LogP contribution is 2.53. The summed E-state index contributed by atoms with van der Waals surface area (Å²) in [5.41, 5.74) is 0.808. The number of hydrogen-bond acceptors (Lipinski definition) is 5. The maximum absolute atomic E-state index is 12.9. The van der Waals surface area contributed by atoms with Gasteiger partial charge in [0.05, 0.1) is 29.5 Å². The first-order valence-electron chi connectivity index (χ1n) is 9.72. The molecule has 1 N–H and O–H groups in total. The van der Waals surface area contributed by atoms with Crippen LogP contribution in [0.5, 0.6) is 5.75 Å². The van der Waals surface area contributed by atoms with Gasteiger partial charge in [-0.2, -0.15) is 0 Å². The van der Waals surface area contributed by atoms with E-state index in [0.29, 0.717) is 17.1 Å². The molecule has 2 aromatic rings. The predicted molar refractivity (Wildman–Crippen MR) is 110 cm³/mol. The van der Waals surface area contributed by atoms with Crippen LogP contribution >= 0.6 is 0 Å². The molecule has 0 spiro atoms. The Morgan fingerprint density at radius 2 is 1.47 bits per heavy atom. The highest BCUT2D eigenvalue weighted by Gasteiger charge is 2.59. The molecule has 0 aromatic heterocycles. The van der Waals surface area contributed by atoms with Gasteiger partial charge in [-0.15, -0.1) is 0 Å². The quantitative estimate of drug-likeness (QED) is 0.589. The van der Waals surface area contributed by atoms with Crippen LogP contribution in [-0.4, -0.2) is 27.3 Å². The second-order valence-corrected chi connectivity index (χ2v) is 9.52. The first kappa shape index (κ1) is 18.9. The summed E-state index contributed by atoms with van der Waals surface area (Å²) in [4.78, 5) is 27.0. The van der Waals surface area contributed by atoms with Crippen molar-refractivity contribution in [2.24, 2.45) is 23.7 Å². The Morgan fingerprint density at radius 1 is 0.900 bits per heavy atom. The average molecular weight is 424 g/mol. The van der Waals surface area contributed by atoms with Crippen LogP contribution in [0.2, 0.25) is 0 Å². The van der Waals surface area contributed by atoms with Crippen molar-refractivity contribution >= 4 is 33.2 Å². The van der Waals surface area contributed by atoms with Crippen LogP contribution in [0.15, 0.2) is 65.6 Å². The van der Waals surface area contributed by atoms with E-state index >= 15 is 0 Å². The Bertz CT molecular complexity index is 1130. The molecule has 2 amide bonds. The predicted octanol–water partition coefficient (Wildman–Crippen LogP) is 2.81. The number of fused-ring (bicyclic) bond motifs is 5.